The summed E-state index contributed by atoms with van der Waals surface area (Å²) in [7, 11) is 0. The quantitative estimate of drug-likeness (QED) is 0.0434. The molecular weight excluding hydrogens is 921 g/mol. The van der Waals surface area contributed by atoms with Gasteiger partial charge in [-0.3, -0.25) is 4.79 Å². The highest BCUT2D eigenvalue weighted by molar-refractivity contribution is 6.07. The number of esters is 2. The van der Waals surface area contributed by atoms with E-state index in [4.69, 9.17) is 4.74 Å². The molecule has 5 nitrogen and oxygen atoms in total. The second-order valence-electron chi connectivity index (χ2n) is 25.8. The van der Waals surface area contributed by atoms with E-state index in [1.807, 2.05) is 0 Å². The van der Waals surface area contributed by atoms with Crippen LogP contribution in [-0.2, 0) is 50.1 Å². The molecule has 0 fully saturated rings. The number of aryl methyl sites for hydroxylation is 2. The molecule has 388 valence electrons. The fourth-order valence-electron chi connectivity index (χ4n) is 11.7. The summed E-state index contributed by atoms with van der Waals surface area (Å²) in [4.78, 5) is 40.4. The van der Waals surface area contributed by atoms with Crippen molar-refractivity contribution in [2.45, 2.75) is 174 Å². The molecule has 6 aromatic carbocycles. The van der Waals surface area contributed by atoms with Crippen molar-refractivity contribution in [2.75, 3.05) is 0 Å². The zero-order chi connectivity index (χ0) is 54.5. The second kappa shape index (κ2) is 20.5. The summed E-state index contributed by atoms with van der Waals surface area (Å²) in [6.45, 7) is 31.9. The number of ketones is 1. The van der Waals surface area contributed by atoms with Crippen LogP contribution < -0.4 is 0 Å². The van der Waals surface area contributed by atoms with Crippen LogP contribution in [-0.4, -0.2) is 22.8 Å². The van der Waals surface area contributed by atoms with Gasteiger partial charge in [-0.05, 0) is 195 Å². The molecule has 0 aliphatic heterocycles. The molecule has 8 rings (SSSR count). The standard InChI is InChI=1S/C70H78O5/c1-45-15-29-55(30-16-45)69(11,12)43-53-39-51(41-57-61(53)67(7,8)37-35-65(57,3)4)59(71)33-23-47-19-25-49(26-20-47)63(73)75-64(74)50-27-21-48(22-28-50)24-34-60(72)52-40-54(44-70(13,14)56-31-17-46(2)18-32-56)62-58(42-52)66(5,6)36-38-68(62,9)10/h15-23,25-33,39-42,60,72H,35-38,43-44H2,1-14H3. The number of allylic oxidation sites excluding steroid dienone is 1. The number of aliphatic hydroxyl groups excluding tert-OH is 1. The first-order valence-corrected chi connectivity index (χ1v) is 26.9. The van der Waals surface area contributed by atoms with Crippen LogP contribution in [0.15, 0.2) is 127 Å². The van der Waals surface area contributed by atoms with Crippen LogP contribution in [0.2, 0.25) is 0 Å². The van der Waals surface area contributed by atoms with Crippen molar-refractivity contribution in [3.8, 4) is 11.8 Å². The molecule has 6 aromatic rings. The van der Waals surface area contributed by atoms with Crippen LogP contribution in [0.4, 0.5) is 0 Å². The average Bonchev–Trinajstić information content (AvgIpc) is 3.35. The number of aliphatic hydroxyl groups is 1. The maximum Gasteiger partial charge on any atom is 0.346 e. The Bertz CT molecular complexity index is 3230. The van der Waals surface area contributed by atoms with E-state index in [2.05, 4.69) is 182 Å². The molecule has 2 aliphatic carbocycles. The van der Waals surface area contributed by atoms with E-state index < -0.39 is 18.0 Å². The van der Waals surface area contributed by atoms with Crippen LogP contribution in [0.3, 0.4) is 0 Å². The minimum atomic E-state index is -1.03. The molecule has 0 radical (unpaired) electrons. The second-order valence-corrected chi connectivity index (χ2v) is 25.8. The highest BCUT2D eigenvalue weighted by Gasteiger charge is 2.42. The summed E-state index contributed by atoms with van der Waals surface area (Å²) < 4.78 is 5.30. The summed E-state index contributed by atoms with van der Waals surface area (Å²) >= 11 is 0. The predicted octanol–water partition coefficient (Wildman–Crippen LogP) is 16.0. The zero-order valence-electron chi connectivity index (χ0n) is 47.1. The van der Waals surface area contributed by atoms with E-state index in [0.717, 1.165) is 49.7 Å². The van der Waals surface area contributed by atoms with Crippen molar-refractivity contribution in [3.63, 3.8) is 0 Å². The summed E-state index contributed by atoms with van der Waals surface area (Å²) in [6.07, 6.45) is 8.22. The number of carbonyl (C=O) groups excluding carboxylic acids is 3. The predicted molar refractivity (Wildman–Crippen MR) is 307 cm³/mol. The summed E-state index contributed by atoms with van der Waals surface area (Å²) in [5.74, 6) is 4.54. The van der Waals surface area contributed by atoms with Gasteiger partial charge in [-0.1, -0.05) is 185 Å². The minimum absolute atomic E-state index is 0.0107. The monoisotopic (exact) mass is 999 g/mol. The lowest BCUT2D eigenvalue weighted by atomic mass is 9.60. The lowest BCUT2D eigenvalue weighted by molar-refractivity contribution is 0.0397. The van der Waals surface area contributed by atoms with E-state index in [-0.39, 0.29) is 49.4 Å². The molecule has 75 heavy (non-hydrogen) atoms. The van der Waals surface area contributed by atoms with Crippen molar-refractivity contribution in [1.29, 1.82) is 0 Å². The van der Waals surface area contributed by atoms with Crippen LogP contribution in [0.25, 0.3) is 6.08 Å². The first-order valence-electron chi connectivity index (χ1n) is 26.9. The molecule has 0 bridgehead atoms. The van der Waals surface area contributed by atoms with Gasteiger partial charge in [0.15, 0.2) is 5.78 Å². The van der Waals surface area contributed by atoms with Crippen LogP contribution in [0.1, 0.15) is 218 Å². The largest absolute Gasteiger partial charge is 0.386 e. The number of benzene rings is 6. The lowest BCUT2D eigenvalue weighted by Crippen LogP contribution is -2.36. The summed E-state index contributed by atoms with van der Waals surface area (Å²) in [5.41, 5.74) is 15.5. The third-order valence-corrected chi connectivity index (χ3v) is 16.8. The Labute approximate surface area is 448 Å². The van der Waals surface area contributed by atoms with E-state index in [9.17, 15) is 19.5 Å². The van der Waals surface area contributed by atoms with Gasteiger partial charge >= 0.3 is 11.9 Å². The van der Waals surface area contributed by atoms with Crippen molar-refractivity contribution >= 4 is 23.8 Å². The molecule has 1 unspecified atom stereocenters. The first kappa shape index (κ1) is 54.6. The van der Waals surface area contributed by atoms with Gasteiger partial charge in [0, 0.05) is 11.1 Å². The summed E-state index contributed by atoms with van der Waals surface area (Å²) in [6, 6.07) is 39.4. The van der Waals surface area contributed by atoms with E-state index >= 15 is 0 Å². The minimum Gasteiger partial charge on any atom is -0.386 e. The van der Waals surface area contributed by atoms with Gasteiger partial charge in [-0.25, -0.2) is 9.59 Å². The average molecular weight is 999 g/mol. The van der Waals surface area contributed by atoms with E-state index in [0.29, 0.717) is 11.1 Å². The number of fused-ring (bicyclic) bond motifs is 2. The smallest absolute Gasteiger partial charge is 0.346 e. The maximum absolute atomic E-state index is 14.0. The Hall–Kier alpha value is -6.61. The highest BCUT2D eigenvalue weighted by atomic mass is 16.6. The Kier molecular flexibility index (Phi) is 14.9. The topological polar surface area (TPSA) is 80.7 Å². The van der Waals surface area contributed by atoms with Gasteiger partial charge in [0.25, 0.3) is 0 Å². The summed E-state index contributed by atoms with van der Waals surface area (Å²) in [5, 5.41) is 11.7. The van der Waals surface area contributed by atoms with Crippen molar-refractivity contribution in [3.05, 3.63) is 216 Å². The molecule has 0 spiro atoms. The van der Waals surface area contributed by atoms with Gasteiger partial charge in [0.1, 0.15) is 6.10 Å². The normalized spacial score (nSPS) is 16.7. The molecule has 1 N–H and O–H groups in total. The lowest BCUT2D eigenvalue weighted by Gasteiger charge is -2.44. The molecule has 1 atom stereocenters. The Morgan fingerprint density at radius 1 is 0.560 bits per heavy atom. The van der Waals surface area contributed by atoms with Gasteiger partial charge in [0.05, 0.1) is 11.1 Å². The van der Waals surface area contributed by atoms with Gasteiger partial charge in [-0.15, -0.1) is 0 Å². The zero-order valence-corrected chi connectivity index (χ0v) is 47.1. The SMILES string of the molecule is Cc1ccc(C(C)(C)Cc2cc(C(=O)C=Cc3ccc(C(=O)OC(=O)c4ccc(C#CC(O)c5cc(CC(C)(C)c6ccc(C)cc6)c6c(c5)C(C)(C)CCC6(C)C)cc4)cc3)cc3c2C(C)(C)CCC3(C)C)cc1. The van der Waals surface area contributed by atoms with Gasteiger partial charge in [-0.2, -0.15) is 0 Å². The third kappa shape index (κ3) is 11.9. The van der Waals surface area contributed by atoms with Crippen molar-refractivity contribution < 1.29 is 24.2 Å². The molecule has 0 amide bonds. The third-order valence-electron chi connectivity index (χ3n) is 16.8. The fourth-order valence-corrected chi connectivity index (χ4v) is 11.7. The number of ether oxygens (including phenoxy) is 1. The molecule has 2 aliphatic rings. The Morgan fingerprint density at radius 2 is 0.987 bits per heavy atom. The molecule has 0 heterocycles. The van der Waals surface area contributed by atoms with Crippen LogP contribution in [0, 0.1) is 25.7 Å². The number of rotatable bonds is 12. The molecule has 0 saturated carbocycles. The molecular formula is C70H78O5. The number of hydrogen-bond donors (Lipinski definition) is 1. The maximum atomic E-state index is 14.0. The van der Waals surface area contributed by atoms with E-state index in [1.165, 1.54) is 55.6 Å². The fraction of sp³-hybridized carbons (Fsp3) is 0.386. The van der Waals surface area contributed by atoms with Crippen LogP contribution in [0.5, 0.6) is 0 Å². The highest BCUT2D eigenvalue weighted by Crippen LogP contribution is 2.51. The molecule has 0 saturated heterocycles. The van der Waals surface area contributed by atoms with Crippen LogP contribution >= 0.6 is 0 Å². The molecule has 0 aromatic heterocycles. The number of carbonyl (C=O) groups is 3. The van der Waals surface area contributed by atoms with Gasteiger partial charge in [0.2, 0.25) is 0 Å². The van der Waals surface area contributed by atoms with Crippen molar-refractivity contribution in [1.82, 2.24) is 0 Å². The molecule has 5 heteroatoms. The number of hydrogen-bond acceptors (Lipinski definition) is 5. The Balaban J connectivity index is 0.937. The van der Waals surface area contributed by atoms with E-state index in [1.54, 1.807) is 60.7 Å². The van der Waals surface area contributed by atoms with Crippen molar-refractivity contribution in [2.24, 2.45) is 0 Å². The first-order chi connectivity index (χ1) is 35.0. The van der Waals surface area contributed by atoms with Gasteiger partial charge < -0.3 is 9.84 Å². The Morgan fingerprint density at radius 3 is 1.47 bits per heavy atom.